The van der Waals surface area contributed by atoms with Crippen LogP contribution in [0.2, 0.25) is 0 Å². The molecule has 150 valence electrons. The third-order valence-electron chi connectivity index (χ3n) is 5.27. The van der Waals surface area contributed by atoms with E-state index in [0.717, 1.165) is 37.9 Å². The smallest absolute Gasteiger partial charge is 0.341 e. The summed E-state index contributed by atoms with van der Waals surface area (Å²) in [4.78, 5) is 27.7. The van der Waals surface area contributed by atoms with E-state index in [9.17, 15) is 9.59 Å². The lowest BCUT2D eigenvalue weighted by molar-refractivity contribution is -0.907. The zero-order valence-electron chi connectivity index (χ0n) is 16.7. The minimum atomic E-state index is -0.319. The third kappa shape index (κ3) is 4.89. The highest BCUT2D eigenvalue weighted by atomic mass is 32.1. The topological polar surface area (TPSA) is 69.1 Å². The first-order chi connectivity index (χ1) is 12.9. The Hall–Kier alpha value is -1.44. The van der Waals surface area contributed by atoms with Crippen LogP contribution in [0.25, 0.3) is 0 Å². The Kier molecular flexibility index (Phi) is 6.55. The van der Waals surface area contributed by atoms with Crippen LogP contribution in [0.3, 0.4) is 0 Å². The number of nitrogens with one attached hydrogen (secondary N) is 2. The molecular formula is C20H31N2O4S+. The van der Waals surface area contributed by atoms with E-state index in [0.29, 0.717) is 29.6 Å². The van der Waals surface area contributed by atoms with Crippen molar-refractivity contribution < 1.29 is 24.0 Å². The van der Waals surface area contributed by atoms with Crippen molar-refractivity contribution in [1.82, 2.24) is 0 Å². The second kappa shape index (κ2) is 8.71. The predicted molar refractivity (Wildman–Crippen MR) is 106 cm³/mol. The molecule has 1 aromatic heterocycles. The number of carbonyl (C=O) groups excluding carboxylic acids is 2. The van der Waals surface area contributed by atoms with Crippen LogP contribution in [0.4, 0.5) is 5.00 Å². The largest absolute Gasteiger partial charge is 0.462 e. The van der Waals surface area contributed by atoms with E-state index in [2.05, 4.69) is 12.2 Å². The van der Waals surface area contributed by atoms with Gasteiger partial charge < -0.3 is 19.7 Å². The van der Waals surface area contributed by atoms with Crippen molar-refractivity contribution in [2.24, 2.45) is 5.92 Å². The molecule has 27 heavy (non-hydrogen) atoms. The summed E-state index contributed by atoms with van der Waals surface area (Å²) in [5.74, 6) is 0.236. The minimum Gasteiger partial charge on any atom is -0.462 e. The molecule has 2 heterocycles. The van der Waals surface area contributed by atoms with Gasteiger partial charge in [-0.25, -0.2) is 4.79 Å². The van der Waals surface area contributed by atoms with Gasteiger partial charge in [-0.3, -0.25) is 4.79 Å². The Bertz CT molecular complexity index is 692. The van der Waals surface area contributed by atoms with Gasteiger partial charge in [-0.15, -0.1) is 11.3 Å². The number of anilines is 1. The highest BCUT2D eigenvalue weighted by Gasteiger charge is 2.31. The standard InChI is InChI=1S/C20H30N2O4S/c1-5-25-20(24)18-15-7-6-12(2)8-16(15)27-19(18)21-17(23)11-22-9-13(3)26-14(4)10-22/h12-14H,5-11H2,1-4H3,(H,21,23)/p+1/t12-,13-,14-/m1/s1. The normalized spacial score (nSPS) is 27.7. The molecule has 1 aliphatic carbocycles. The lowest BCUT2D eigenvalue weighted by Gasteiger charge is -2.31. The first-order valence-corrected chi connectivity index (χ1v) is 10.8. The maximum atomic E-state index is 12.7. The summed E-state index contributed by atoms with van der Waals surface area (Å²) in [5, 5.41) is 3.67. The van der Waals surface area contributed by atoms with E-state index in [1.54, 1.807) is 18.3 Å². The molecule has 3 atom stereocenters. The maximum absolute atomic E-state index is 12.7. The Balaban J connectivity index is 1.75. The SMILES string of the molecule is CCOC(=O)c1c(NC(=O)C[NH+]2C[C@@H](C)O[C@H](C)C2)sc2c1CC[C@@H](C)C2. The molecule has 1 fully saturated rings. The minimum absolute atomic E-state index is 0.0523. The van der Waals surface area contributed by atoms with Gasteiger partial charge in [0, 0.05) is 4.88 Å². The van der Waals surface area contributed by atoms with Gasteiger partial charge in [0.05, 0.1) is 12.2 Å². The molecule has 1 aromatic rings. The molecule has 2 N–H and O–H groups in total. The Morgan fingerprint density at radius 1 is 1.26 bits per heavy atom. The number of ether oxygens (including phenoxy) is 2. The summed E-state index contributed by atoms with van der Waals surface area (Å²) in [6, 6.07) is 0. The number of hydrogen-bond donors (Lipinski definition) is 2. The monoisotopic (exact) mass is 395 g/mol. The van der Waals surface area contributed by atoms with Gasteiger partial charge in [0.25, 0.3) is 5.91 Å². The van der Waals surface area contributed by atoms with Crippen LogP contribution < -0.4 is 10.2 Å². The van der Waals surface area contributed by atoms with Gasteiger partial charge in [-0.05, 0) is 51.5 Å². The van der Waals surface area contributed by atoms with Crippen molar-refractivity contribution >= 4 is 28.2 Å². The van der Waals surface area contributed by atoms with Crippen molar-refractivity contribution in [3.05, 3.63) is 16.0 Å². The van der Waals surface area contributed by atoms with E-state index >= 15 is 0 Å². The van der Waals surface area contributed by atoms with E-state index < -0.39 is 0 Å². The summed E-state index contributed by atoms with van der Waals surface area (Å²) in [6.07, 6.45) is 3.22. The summed E-state index contributed by atoms with van der Waals surface area (Å²) < 4.78 is 11.0. The molecule has 7 heteroatoms. The first kappa shape index (κ1) is 20.3. The Morgan fingerprint density at radius 3 is 2.63 bits per heavy atom. The highest BCUT2D eigenvalue weighted by Crippen LogP contribution is 2.40. The van der Waals surface area contributed by atoms with Crippen LogP contribution in [0.1, 0.15) is 54.9 Å². The molecular weight excluding hydrogens is 364 g/mol. The lowest BCUT2D eigenvalue weighted by Crippen LogP contribution is -3.16. The average molecular weight is 396 g/mol. The lowest BCUT2D eigenvalue weighted by atomic mass is 9.88. The Labute approximate surface area is 165 Å². The van der Waals surface area contributed by atoms with Gasteiger partial charge in [-0.1, -0.05) is 6.92 Å². The van der Waals surface area contributed by atoms with Crippen LogP contribution >= 0.6 is 11.3 Å². The van der Waals surface area contributed by atoms with Crippen molar-refractivity contribution in [3.63, 3.8) is 0 Å². The molecule has 0 unspecified atom stereocenters. The molecule has 1 saturated heterocycles. The van der Waals surface area contributed by atoms with E-state index in [-0.39, 0.29) is 24.1 Å². The zero-order chi connectivity index (χ0) is 19.6. The van der Waals surface area contributed by atoms with E-state index in [1.807, 2.05) is 13.8 Å². The average Bonchev–Trinajstić information content (AvgIpc) is 2.90. The number of morpholine rings is 1. The number of amides is 1. The molecule has 1 amide bonds. The number of fused-ring (bicyclic) bond motifs is 1. The second-order valence-corrected chi connectivity index (χ2v) is 9.02. The number of rotatable bonds is 5. The molecule has 3 rings (SSSR count). The quantitative estimate of drug-likeness (QED) is 0.745. The first-order valence-electron chi connectivity index (χ1n) is 9.97. The highest BCUT2D eigenvalue weighted by molar-refractivity contribution is 7.17. The predicted octanol–water partition coefficient (Wildman–Crippen LogP) is 1.68. The second-order valence-electron chi connectivity index (χ2n) is 7.92. The molecule has 2 aliphatic rings. The van der Waals surface area contributed by atoms with Crippen LogP contribution in [-0.2, 0) is 27.1 Å². The number of quaternary nitrogens is 1. The van der Waals surface area contributed by atoms with Crippen LogP contribution in [0, 0.1) is 5.92 Å². The molecule has 6 nitrogen and oxygen atoms in total. The zero-order valence-corrected chi connectivity index (χ0v) is 17.5. The van der Waals surface area contributed by atoms with Crippen LogP contribution in [-0.4, -0.2) is 50.3 Å². The molecule has 0 aromatic carbocycles. The summed E-state index contributed by atoms with van der Waals surface area (Å²) in [5.41, 5.74) is 1.66. The third-order valence-corrected chi connectivity index (χ3v) is 6.44. The van der Waals surface area contributed by atoms with Crippen LogP contribution in [0.15, 0.2) is 0 Å². The number of hydrogen-bond acceptors (Lipinski definition) is 5. The summed E-state index contributed by atoms with van der Waals surface area (Å²) in [6.45, 7) is 10.5. The van der Waals surface area contributed by atoms with Gasteiger partial charge in [-0.2, -0.15) is 0 Å². The van der Waals surface area contributed by atoms with Crippen molar-refractivity contribution in [2.45, 2.75) is 59.2 Å². The number of esters is 1. The number of thiophene rings is 1. The van der Waals surface area contributed by atoms with E-state index in [1.165, 1.54) is 9.78 Å². The van der Waals surface area contributed by atoms with Crippen molar-refractivity contribution in [1.29, 1.82) is 0 Å². The fourth-order valence-electron chi connectivity index (χ4n) is 4.19. The fourth-order valence-corrected chi connectivity index (χ4v) is 5.60. The molecule has 0 radical (unpaired) electrons. The molecule has 0 saturated carbocycles. The van der Waals surface area contributed by atoms with Gasteiger partial charge >= 0.3 is 5.97 Å². The fraction of sp³-hybridized carbons (Fsp3) is 0.700. The molecule has 0 spiro atoms. The number of carbonyl (C=O) groups is 2. The van der Waals surface area contributed by atoms with Gasteiger partial charge in [0.2, 0.25) is 0 Å². The van der Waals surface area contributed by atoms with Crippen LogP contribution in [0.5, 0.6) is 0 Å². The van der Waals surface area contributed by atoms with Crippen molar-refractivity contribution in [2.75, 3.05) is 31.6 Å². The van der Waals surface area contributed by atoms with Gasteiger partial charge in [0.15, 0.2) is 6.54 Å². The van der Waals surface area contributed by atoms with Crippen molar-refractivity contribution in [3.8, 4) is 0 Å². The summed E-state index contributed by atoms with van der Waals surface area (Å²) >= 11 is 1.54. The molecule has 1 aliphatic heterocycles. The van der Waals surface area contributed by atoms with E-state index in [4.69, 9.17) is 9.47 Å². The maximum Gasteiger partial charge on any atom is 0.341 e. The summed E-state index contributed by atoms with van der Waals surface area (Å²) in [7, 11) is 0. The Morgan fingerprint density at radius 2 is 1.96 bits per heavy atom. The molecule has 0 bridgehead atoms. The van der Waals surface area contributed by atoms with Gasteiger partial charge in [0.1, 0.15) is 30.3 Å².